The number of nitrogens with zero attached hydrogens (tertiary/aromatic N) is 4. The summed E-state index contributed by atoms with van der Waals surface area (Å²) in [6.07, 6.45) is 2.87. The molecule has 0 spiro atoms. The fraction of sp³-hybridized carbons (Fsp3) is 0.389. The van der Waals surface area contributed by atoms with Gasteiger partial charge in [-0.3, -0.25) is 0 Å². The summed E-state index contributed by atoms with van der Waals surface area (Å²) in [7, 11) is 0. The summed E-state index contributed by atoms with van der Waals surface area (Å²) in [4.78, 5) is 11.4. The minimum Gasteiger partial charge on any atom is -0.398 e. The van der Waals surface area contributed by atoms with Gasteiger partial charge in [0.1, 0.15) is 11.9 Å². The Balaban J connectivity index is 0.00000182. The lowest BCUT2D eigenvalue weighted by Gasteiger charge is -2.19. The number of hydrogen-bond acceptors (Lipinski definition) is 7. The van der Waals surface area contributed by atoms with E-state index in [1.807, 2.05) is 12.1 Å². The van der Waals surface area contributed by atoms with Crippen molar-refractivity contribution in [2.75, 3.05) is 29.0 Å². The predicted octanol–water partition coefficient (Wildman–Crippen LogP) is 3.01. The van der Waals surface area contributed by atoms with Gasteiger partial charge in [-0.05, 0) is 31.0 Å². The molecule has 0 radical (unpaired) electrons. The van der Waals surface area contributed by atoms with Gasteiger partial charge >= 0.3 is 0 Å². The lowest BCUT2D eigenvalue weighted by Crippen LogP contribution is -2.27. The summed E-state index contributed by atoms with van der Waals surface area (Å²) in [5, 5.41) is 12.3. The summed E-state index contributed by atoms with van der Waals surface area (Å²) in [5.74, 6) is 1.42. The highest BCUT2D eigenvalue weighted by atomic mass is 35.5. The lowest BCUT2D eigenvalue weighted by molar-refractivity contribution is 0.751. The Morgan fingerprint density at radius 3 is 2.70 bits per heavy atom. The van der Waals surface area contributed by atoms with Crippen molar-refractivity contribution in [2.45, 2.75) is 32.2 Å². The SMILES string of the molecule is CCCc1cc(N2CC[C@H](N)C2)nc(Nc2ccc(N)c(C#N)c2)n1.Cl.Cl. The Morgan fingerprint density at radius 1 is 1.30 bits per heavy atom. The number of benzene rings is 1. The number of hydrogen-bond donors (Lipinski definition) is 3. The first-order valence-electron chi connectivity index (χ1n) is 8.54. The minimum absolute atomic E-state index is 0. The van der Waals surface area contributed by atoms with Crippen LogP contribution in [-0.4, -0.2) is 29.1 Å². The first-order chi connectivity index (χ1) is 12.1. The number of aryl methyl sites for hydroxylation is 1. The van der Waals surface area contributed by atoms with Crippen LogP contribution in [0, 0.1) is 11.3 Å². The molecule has 27 heavy (non-hydrogen) atoms. The smallest absolute Gasteiger partial charge is 0.229 e. The fourth-order valence-electron chi connectivity index (χ4n) is 2.94. The van der Waals surface area contributed by atoms with Crippen LogP contribution >= 0.6 is 24.8 Å². The van der Waals surface area contributed by atoms with Crippen molar-refractivity contribution in [1.82, 2.24) is 9.97 Å². The third-order valence-electron chi connectivity index (χ3n) is 4.25. The molecule has 5 N–H and O–H groups in total. The Hall–Kier alpha value is -2.27. The summed E-state index contributed by atoms with van der Waals surface area (Å²) in [5.41, 5.74) is 14.4. The molecule has 1 fully saturated rings. The van der Waals surface area contributed by atoms with Crippen molar-refractivity contribution in [3.8, 4) is 6.07 Å². The molecule has 146 valence electrons. The van der Waals surface area contributed by atoms with Crippen LogP contribution in [0.4, 0.5) is 23.1 Å². The molecule has 7 nitrogen and oxygen atoms in total. The molecule has 1 aromatic carbocycles. The molecule has 1 saturated heterocycles. The van der Waals surface area contributed by atoms with E-state index < -0.39 is 0 Å². The number of nitriles is 1. The Bertz CT molecular complexity index is 807. The van der Waals surface area contributed by atoms with Gasteiger partial charge in [-0.25, -0.2) is 4.98 Å². The van der Waals surface area contributed by atoms with E-state index >= 15 is 0 Å². The Kier molecular flexibility index (Phi) is 8.57. The first-order valence-corrected chi connectivity index (χ1v) is 8.54. The third kappa shape index (κ3) is 5.60. The number of anilines is 4. The second-order valence-electron chi connectivity index (χ2n) is 6.32. The standard InChI is InChI=1S/C18H23N7.2ClH/c1-2-3-14-9-17(25-7-6-13(20)11-25)24-18(22-14)23-15-4-5-16(21)12(8-15)10-19;;/h4-5,8-9,13H,2-3,6-7,11,20-21H2,1H3,(H,22,23,24);2*1H/t13-;;/m0../s1. The lowest BCUT2D eigenvalue weighted by atomic mass is 10.2. The summed E-state index contributed by atoms with van der Waals surface area (Å²) in [6, 6.07) is 9.54. The number of rotatable bonds is 5. The number of halogens is 2. The molecule has 1 atom stereocenters. The molecular formula is C18H25Cl2N7. The quantitative estimate of drug-likeness (QED) is 0.649. The number of nitrogen functional groups attached to an aromatic ring is 1. The maximum atomic E-state index is 9.13. The molecule has 0 saturated carbocycles. The molecule has 0 aliphatic carbocycles. The van der Waals surface area contributed by atoms with E-state index in [1.54, 1.807) is 12.1 Å². The molecule has 2 aromatic rings. The van der Waals surface area contributed by atoms with Gasteiger partial charge in [0.25, 0.3) is 0 Å². The van der Waals surface area contributed by atoms with E-state index in [4.69, 9.17) is 16.7 Å². The summed E-state index contributed by atoms with van der Waals surface area (Å²) < 4.78 is 0. The van der Waals surface area contributed by atoms with E-state index in [0.29, 0.717) is 17.2 Å². The molecule has 9 heteroatoms. The minimum atomic E-state index is 0. The first kappa shape index (κ1) is 22.8. The number of nitrogens with two attached hydrogens (primary N) is 2. The second kappa shape index (κ2) is 10.2. The highest BCUT2D eigenvalue weighted by molar-refractivity contribution is 5.85. The van der Waals surface area contributed by atoms with Crippen LogP contribution in [0.25, 0.3) is 0 Å². The summed E-state index contributed by atoms with van der Waals surface area (Å²) >= 11 is 0. The molecule has 1 aromatic heterocycles. The van der Waals surface area contributed by atoms with Gasteiger partial charge < -0.3 is 21.7 Å². The molecule has 1 aliphatic rings. The van der Waals surface area contributed by atoms with Crippen molar-refractivity contribution in [3.05, 3.63) is 35.5 Å². The average Bonchev–Trinajstić information content (AvgIpc) is 3.03. The zero-order valence-electron chi connectivity index (χ0n) is 15.2. The van der Waals surface area contributed by atoms with Crippen LogP contribution < -0.4 is 21.7 Å². The van der Waals surface area contributed by atoms with Crippen LogP contribution in [0.15, 0.2) is 24.3 Å². The zero-order valence-corrected chi connectivity index (χ0v) is 16.8. The van der Waals surface area contributed by atoms with Crippen molar-refractivity contribution in [1.29, 1.82) is 5.26 Å². The summed E-state index contributed by atoms with van der Waals surface area (Å²) in [6.45, 7) is 3.84. The maximum absolute atomic E-state index is 9.13. The van der Waals surface area contributed by atoms with E-state index in [2.05, 4.69) is 33.2 Å². The van der Waals surface area contributed by atoms with Gasteiger partial charge in [0, 0.05) is 42.3 Å². The topological polar surface area (TPSA) is 117 Å². The van der Waals surface area contributed by atoms with Crippen LogP contribution in [0.2, 0.25) is 0 Å². The fourth-order valence-corrected chi connectivity index (χ4v) is 2.94. The molecular weight excluding hydrogens is 385 g/mol. The third-order valence-corrected chi connectivity index (χ3v) is 4.25. The van der Waals surface area contributed by atoms with Crippen molar-refractivity contribution >= 4 is 48.0 Å². The van der Waals surface area contributed by atoms with Gasteiger partial charge in [-0.2, -0.15) is 10.2 Å². The zero-order chi connectivity index (χ0) is 17.8. The van der Waals surface area contributed by atoms with Crippen LogP contribution in [0.3, 0.4) is 0 Å². The molecule has 1 aliphatic heterocycles. The van der Waals surface area contributed by atoms with Crippen molar-refractivity contribution in [3.63, 3.8) is 0 Å². The highest BCUT2D eigenvalue weighted by Crippen LogP contribution is 2.24. The van der Waals surface area contributed by atoms with E-state index in [-0.39, 0.29) is 30.9 Å². The Morgan fingerprint density at radius 2 is 2.07 bits per heavy atom. The number of nitrogens with one attached hydrogen (secondary N) is 1. The van der Waals surface area contributed by atoms with Gasteiger partial charge in [0.15, 0.2) is 0 Å². The van der Waals surface area contributed by atoms with E-state index in [9.17, 15) is 0 Å². The van der Waals surface area contributed by atoms with Gasteiger partial charge in [-0.15, -0.1) is 24.8 Å². The van der Waals surface area contributed by atoms with Crippen LogP contribution in [0.1, 0.15) is 31.0 Å². The monoisotopic (exact) mass is 409 g/mol. The Labute approximate surface area is 172 Å². The van der Waals surface area contributed by atoms with E-state index in [1.165, 1.54) is 0 Å². The average molecular weight is 410 g/mol. The van der Waals surface area contributed by atoms with Crippen molar-refractivity contribution < 1.29 is 0 Å². The second-order valence-corrected chi connectivity index (χ2v) is 6.32. The largest absolute Gasteiger partial charge is 0.398 e. The van der Waals surface area contributed by atoms with Crippen LogP contribution in [0.5, 0.6) is 0 Å². The van der Waals surface area contributed by atoms with Gasteiger partial charge in [0.2, 0.25) is 5.95 Å². The van der Waals surface area contributed by atoms with Crippen molar-refractivity contribution in [2.24, 2.45) is 5.73 Å². The maximum Gasteiger partial charge on any atom is 0.229 e. The molecule has 0 bridgehead atoms. The molecule has 3 rings (SSSR count). The number of aromatic nitrogens is 2. The predicted molar refractivity (Wildman–Crippen MR) is 114 cm³/mol. The van der Waals surface area contributed by atoms with E-state index in [0.717, 1.165) is 49.6 Å². The van der Waals surface area contributed by atoms with Gasteiger partial charge in [-0.1, -0.05) is 13.3 Å². The normalized spacial score (nSPS) is 15.4. The molecule has 2 heterocycles. The molecule has 0 amide bonds. The highest BCUT2D eigenvalue weighted by Gasteiger charge is 2.21. The molecule has 0 unspecified atom stereocenters. The van der Waals surface area contributed by atoms with Gasteiger partial charge in [0.05, 0.1) is 5.56 Å². The van der Waals surface area contributed by atoms with Crippen LogP contribution in [-0.2, 0) is 6.42 Å².